The number of carbonyl (C=O) groups excluding carboxylic acids is 2. The zero-order chi connectivity index (χ0) is 15.4. The van der Waals surface area contributed by atoms with Crippen molar-refractivity contribution in [3.63, 3.8) is 0 Å². The molecule has 0 saturated carbocycles. The number of esters is 1. The van der Waals surface area contributed by atoms with E-state index in [0.717, 1.165) is 11.1 Å². The van der Waals surface area contributed by atoms with E-state index in [1.807, 2.05) is 26.0 Å². The number of hydrogen-bond donors (Lipinski definition) is 1. The first-order valence-corrected chi connectivity index (χ1v) is 6.59. The fraction of sp³-hybridized carbons (Fsp3) is 0.176. The van der Waals surface area contributed by atoms with E-state index in [1.54, 1.807) is 30.3 Å². The van der Waals surface area contributed by atoms with Crippen LogP contribution in [0.4, 0.5) is 5.69 Å². The lowest BCUT2D eigenvalue weighted by atomic mass is 10.0. The molecule has 0 bridgehead atoms. The number of rotatable bonds is 3. The number of methoxy groups -OCH3 is 1. The molecule has 0 heterocycles. The van der Waals surface area contributed by atoms with Crippen LogP contribution >= 0.6 is 0 Å². The Hall–Kier alpha value is -2.62. The second-order valence-electron chi connectivity index (χ2n) is 4.77. The van der Waals surface area contributed by atoms with Gasteiger partial charge in [-0.1, -0.05) is 12.1 Å². The third kappa shape index (κ3) is 3.28. The van der Waals surface area contributed by atoms with Crippen LogP contribution in [0.5, 0.6) is 0 Å². The average molecular weight is 283 g/mol. The summed E-state index contributed by atoms with van der Waals surface area (Å²) in [5.74, 6) is -0.565. The van der Waals surface area contributed by atoms with E-state index in [9.17, 15) is 9.59 Å². The van der Waals surface area contributed by atoms with E-state index in [4.69, 9.17) is 0 Å². The molecule has 1 N–H and O–H groups in total. The molecule has 4 nitrogen and oxygen atoms in total. The maximum Gasteiger partial charge on any atom is 0.337 e. The maximum atomic E-state index is 12.3. The fourth-order valence-electron chi connectivity index (χ4n) is 2.00. The number of benzene rings is 2. The number of hydrogen-bond acceptors (Lipinski definition) is 3. The molecule has 0 aromatic heterocycles. The second kappa shape index (κ2) is 6.22. The van der Waals surface area contributed by atoms with Crippen molar-refractivity contribution in [2.45, 2.75) is 13.8 Å². The molecule has 2 rings (SSSR count). The molecule has 2 aromatic carbocycles. The predicted molar refractivity (Wildman–Crippen MR) is 81.7 cm³/mol. The van der Waals surface area contributed by atoms with Crippen LogP contribution in [0, 0.1) is 13.8 Å². The first-order chi connectivity index (χ1) is 10.0. The molecule has 0 unspecified atom stereocenters. The Morgan fingerprint density at radius 2 is 1.67 bits per heavy atom. The Morgan fingerprint density at radius 3 is 2.29 bits per heavy atom. The Kier molecular flexibility index (Phi) is 4.38. The lowest BCUT2D eigenvalue weighted by Gasteiger charge is -2.09. The number of carbonyl (C=O) groups is 2. The summed E-state index contributed by atoms with van der Waals surface area (Å²) in [4.78, 5) is 23.6. The number of amides is 1. The number of ether oxygens (including phenoxy) is 1. The van der Waals surface area contributed by atoms with Crippen LogP contribution in [-0.4, -0.2) is 19.0 Å². The zero-order valence-electron chi connectivity index (χ0n) is 12.3. The number of nitrogens with one attached hydrogen (secondary N) is 1. The summed E-state index contributed by atoms with van der Waals surface area (Å²) >= 11 is 0. The van der Waals surface area contributed by atoms with Gasteiger partial charge in [-0.15, -0.1) is 0 Å². The Morgan fingerprint density at radius 1 is 1.00 bits per heavy atom. The van der Waals surface area contributed by atoms with Gasteiger partial charge in [0.15, 0.2) is 0 Å². The van der Waals surface area contributed by atoms with Gasteiger partial charge >= 0.3 is 5.97 Å². The largest absolute Gasteiger partial charge is 0.465 e. The van der Waals surface area contributed by atoms with Crippen molar-refractivity contribution < 1.29 is 14.3 Å². The monoisotopic (exact) mass is 283 g/mol. The molecule has 2 aromatic rings. The van der Waals surface area contributed by atoms with Gasteiger partial charge < -0.3 is 10.1 Å². The normalized spacial score (nSPS) is 10.0. The van der Waals surface area contributed by atoms with Gasteiger partial charge in [0.25, 0.3) is 5.91 Å². The van der Waals surface area contributed by atoms with E-state index in [-0.39, 0.29) is 5.91 Å². The summed E-state index contributed by atoms with van der Waals surface area (Å²) in [5.41, 5.74) is 3.76. The molecule has 21 heavy (non-hydrogen) atoms. The van der Waals surface area contributed by atoms with E-state index in [0.29, 0.717) is 16.8 Å². The van der Waals surface area contributed by atoms with Crippen molar-refractivity contribution in [2.75, 3.05) is 12.4 Å². The highest BCUT2D eigenvalue weighted by Gasteiger charge is 2.11. The van der Waals surface area contributed by atoms with Crippen molar-refractivity contribution >= 4 is 17.6 Å². The summed E-state index contributed by atoms with van der Waals surface area (Å²) < 4.78 is 4.63. The van der Waals surface area contributed by atoms with E-state index in [1.165, 1.54) is 7.11 Å². The van der Waals surface area contributed by atoms with Crippen molar-refractivity contribution in [2.24, 2.45) is 0 Å². The minimum Gasteiger partial charge on any atom is -0.465 e. The Bertz CT molecular complexity index is 675. The van der Waals surface area contributed by atoms with Gasteiger partial charge in [-0.2, -0.15) is 0 Å². The van der Waals surface area contributed by atoms with Crippen LogP contribution in [-0.2, 0) is 4.74 Å². The third-order valence-corrected chi connectivity index (χ3v) is 3.41. The first-order valence-electron chi connectivity index (χ1n) is 6.59. The molecule has 0 aliphatic heterocycles. The SMILES string of the molecule is COC(=O)c1ccc(NC(=O)c2cccc(C)c2C)cc1. The summed E-state index contributed by atoms with van der Waals surface area (Å²) in [6.45, 7) is 3.89. The predicted octanol–water partition coefficient (Wildman–Crippen LogP) is 3.34. The van der Waals surface area contributed by atoms with Gasteiger partial charge in [0.1, 0.15) is 0 Å². The van der Waals surface area contributed by atoms with Crippen LogP contribution in [0.25, 0.3) is 0 Å². The van der Waals surface area contributed by atoms with Gasteiger partial charge in [0.05, 0.1) is 12.7 Å². The molecule has 0 atom stereocenters. The van der Waals surface area contributed by atoms with E-state index >= 15 is 0 Å². The molecular formula is C17H17NO3. The molecule has 4 heteroatoms. The maximum absolute atomic E-state index is 12.3. The van der Waals surface area contributed by atoms with Crippen molar-refractivity contribution in [3.8, 4) is 0 Å². The highest BCUT2D eigenvalue weighted by Crippen LogP contribution is 2.16. The summed E-state index contributed by atoms with van der Waals surface area (Å²) in [5, 5.41) is 2.82. The minimum absolute atomic E-state index is 0.165. The number of aryl methyl sites for hydroxylation is 1. The van der Waals surface area contributed by atoms with Gasteiger partial charge in [-0.25, -0.2) is 4.79 Å². The smallest absolute Gasteiger partial charge is 0.337 e. The lowest BCUT2D eigenvalue weighted by molar-refractivity contribution is 0.0600. The molecule has 0 spiro atoms. The fourth-order valence-corrected chi connectivity index (χ4v) is 2.00. The molecule has 0 radical (unpaired) electrons. The second-order valence-corrected chi connectivity index (χ2v) is 4.77. The molecule has 108 valence electrons. The van der Waals surface area contributed by atoms with E-state index in [2.05, 4.69) is 10.1 Å². The van der Waals surface area contributed by atoms with Crippen LogP contribution in [0.15, 0.2) is 42.5 Å². The van der Waals surface area contributed by atoms with Crippen LogP contribution < -0.4 is 5.32 Å². The van der Waals surface area contributed by atoms with Crippen LogP contribution in [0.1, 0.15) is 31.8 Å². The van der Waals surface area contributed by atoms with Crippen molar-refractivity contribution in [3.05, 3.63) is 64.7 Å². The van der Waals surface area contributed by atoms with Crippen LogP contribution in [0.2, 0.25) is 0 Å². The third-order valence-electron chi connectivity index (χ3n) is 3.41. The Labute approximate surface area is 123 Å². The molecule has 0 aliphatic rings. The Balaban J connectivity index is 2.16. The van der Waals surface area contributed by atoms with Gasteiger partial charge in [-0.3, -0.25) is 4.79 Å². The molecule has 0 saturated heterocycles. The molecule has 0 fully saturated rings. The molecule has 1 amide bonds. The van der Waals surface area contributed by atoms with Crippen LogP contribution in [0.3, 0.4) is 0 Å². The minimum atomic E-state index is -0.401. The highest BCUT2D eigenvalue weighted by atomic mass is 16.5. The number of anilines is 1. The van der Waals surface area contributed by atoms with Gasteiger partial charge in [-0.05, 0) is 55.3 Å². The van der Waals surface area contributed by atoms with Crippen molar-refractivity contribution in [1.82, 2.24) is 0 Å². The summed E-state index contributed by atoms with van der Waals surface area (Å²) in [7, 11) is 1.33. The lowest BCUT2D eigenvalue weighted by Crippen LogP contribution is -2.14. The standard InChI is InChI=1S/C17H17NO3/c1-11-5-4-6-15(12(11)2)16(19)18-14-9-7-13(8-10-14)17(20)21-3/h4-10H,1-3H3,(H,18,19). The van der Waals surface area contributed by atoms with Gasteiger partial charge in [0, 0.05) is 11.3 Å². The van der Waals surface area contributed by atoms with E-state index < -0.39 is 5.97 Å². The summed E-state index contributed by atoms with van der Waals surface area (Å²) in [6, 6.07) is 12.2. The topological polar surface area (TPSA) is 55.4 Å². The average Bonchev–Trinajstić information content (AvgIpc) is 2.50. The quantitative estimate of drug-likeness (QED) is 0.879. The molecule has 0 aliphatic carbocycles. The van der Waals surface area contributed by atoms with Gasteiger partial charge in [0.2, 0.25) is 0 Å². The van der Waals surface area contributed by atoms with Crippen molar-refractivity contribution in [1.29, 1.82) is 0 Å². The zero-order valence-corrected chi connectivity index (χ0v) is 12.3. The summed E-state index contributed by atoms with van der Waals surface area (Å²) in [6.07, 6.45) is 0. The first kappa shape index (κ1) is 14.8. The highest BCUT2D eigenvalue weighted by molar-refractivity contribution is 6.05. The molecular weight excluding hydrogens is 266 g/mol.